The Morgan fingerprint density at radius 3 is 2.56 bits per heavy atom. The zero-order valence-corrected chi connectivity index (χ0v) is 18.9. The third kappa shape index (κ3) is 6.13. The molecular formula is C28H26N2O4. The number of H-pyrrole nitrogens is 1. The van der Waals surface area contributed by atoms with Crippen LogP contribution in [0, 0.1) is 0 Å². The van der Waals surface area contributed by atoms with Crippen molar-refractivity contribution in [3.63, 3.8) is 0 Å². The van der Waals surface area contributed by atoms with Gasteiger partial charge in [0.2, 0.25) is 0 Å². The number of carbonyl (C=O) groups excluding carboxylic acids is 2. The molecule has 6 heteroatoms. The Morgan fingerprint density at radius 1 is 0.971 bits per heavy atom. The molecule has 4 rings (SSSR count). The number of ether oxygens (including phenoxy) is 2. The maximum atomic E-state index is 12.3. The molecule has 0 saturated carbocycles. The number of rotatable bonds is 11. The van der Waals surface area contributed by atoms with Gasteiger partial charge in [-0.2, -0.15) is 0 Å². The Hall–Kier alpha value is -4.32. The van der Waals surface area contributed by atoms with Crippen LogP contribution < -0.4 is 9.47 Å². The zero-order valence-electron chi connectivity index (χ0n) is 18.9. The van der Waals surface area contributed by atoms with Crippen LogP contribution in [-0.4, -0.2) is 34.8 Å². The second-order valence-electron chi connectivity index (χ2n) is 7.77. The second-order valence-corrected chi connectivity index (χ2v) is 7.77. The first kappa shape index (κ1) is 22.9. The number of ketones is 2. The number of nitrogens with one attached hydrogen (secondary N) is 1. The fourth-order valence-electron chi connectivity index (χ4n) is 3.54. The van der Waals surface area contributed by atoms with Gasteiger partial charge in [-0.1, -0.05) is 18.2 Å². The standard InChI is InChI=1S/C28H26N2O4/c1-33-28-20-26(34-17-16-30-14-2-3-15-30)11-8-23(28)7-10-25(32)19-24(31)9-5-21-4-6-22-12-13-29-27(22)18-21/h2-15,18,20,29H,16-17,19H2,1H3/b9-5+,10-7+. The van der Waals surface area contributed by atoms with E-state index in [0.29, 0.717) is 18.1 Å². The second kappa shape index (κ2) is 11.0. The Balaban J connectivity index is 1.30. The topological polar surface area (TPSA) is 73.3 Å². The summed E-state index contributed by atoms with van der Waals surface area (Å²) in [6.07, 6.45) is 11.9. The van der Waals surface area contributed by atoms with Crippen molar-refractivity contribution in [3.05, 3.63) is 96.5 Å². The van der Waals surface area contributed by atoms with Gasteiger partial charge in [0.1, 0.15) is 18.1 Å². The number of fused-ring (bicyclic) bond motifs is 1. The molecule has 0 atom stereocenters. The zero-order chi connectivity index (χ0) is 23.8. The van der Waals surface area contributed by atoms with Gasteiger partial charge < -0.3 is 19.0 Å². The van der Waals surface area contributed by atoms with Crippen molar-refractivity contribution in [1.82, 2.24) is 9.55 Å². The Kier molecular flexibility index (Phi) is 7.40. The largest absolute Gasteiger partial charge is 0.496 e. The molecule has 0 aliphatic heterocycles. The molecule has 34 heavy (non-hydrogen) atoms. The van der Waals surface area contributed by atoms with Crippen molar-refractivity contribution in [3.8, 4) is 11.5 Å². The summed E-state index contributed by atoms with van der Waals surface area (Å²) < 4.78 is 13.3. The third-order valence-corrected chi connectivity index (χ3v) is 5.33. The van der Waals surface area contributed by atoms with E-state index in [1.54, 1.807) is 25.3 Å². The van der Waals surface area contributed by atoms with E-state index >= 15 is 0 Å². The molecular weight excluding hydrogens is 428 g/mol. The van der Waals surface area contributed by atoms with Crippen molar-refractivity contribution >= 4 is 34.6 Å². The number of benzene rings is 2. The van der Waals surface area contributed by atoms with Crippen LogP contribution in [0.25, 0.3) is 23.1 Å². The van der Waals surface area contributed by atoms with E-state index in [1.807, 2.05) is 71.7 Å². The Labute approximate surface area is 198 Å². The fourth-order valence-corrected chi connectivity index (χ4v) is 3.54. The first-order valence-electron chi connectivity index (χ1n) is 11.0. The van der Waals surface area contributed by atoms with Crippen LogP contribution in [0.2, 0.25) is 0 Å². The molecule has 0 bridgehead atoms. The number of nitrogens with zero attached hydrogens (tertiary/aromatic N) is 1. The molecule has 0 spiro atoms. The first-order chi connectivity index (χ1) is 16.6. The highest BCUT2D eigenvalue weighted by Crippen LogP contribution is 2.26. The summed E-state index contributed by atoms with van der Waals surface area (Å²) >= 11 is 0. The van der Waals surface area contributed by atoms with E-state index in [-0.39, 0.29) is 18.0 Å². The van der Waals surface area contributed by atoms with Gasteiger partial charge in [-0.3, -0.25) is 9.59 Å². The Bertz CT molecular complexity index is 1330. The number of allylic oxidation sites excluding steroid dienone is 2. The van der Waals surface area contributed by atoms with Crippen molar-refractivity contribution < 1.29 is 19.1 Å². The van der Waals surface area contributed by atoms with Crippen molar-refractivity contribution in [2.24, 2.45) is 0 Å². The number of aromatic nitrogens is 2. The molecule has 0 saturated heterocycles. The van der Waals surface area contributed by atoms with Crippen molar-refractivity contribution in [1.29, 1.82) is 0 Å². The molecule has 0 radical (unpaired) electrons. The minimum Gasteiger partial charge on any atom is -0.496 e. The molecule has 0 unspecified atom stereocenters. The van der Waals surface area contributed by atoms with Crippen LogP contribution >= 0.6 is 0 Å². The minimum absolute atomic E-state index is 0.194. The van der Waals surface area contributed by atoms with Crippen LogP contribution in [0.15, 0.2) is 85.3 Å². The van der Waals surface area contributed by atoms with E-state index in [1.165, 1.54) is 12.2 Å². The van der Waals surface area contributed by atoms with E-state index in [9.17, 15) is 9.59 Å². The summed E-state index contributed by atoms with van der Waals surface area (Å²) in [5.41, 5.74) is 2.63. The molecule has 1 N–H and O–H groups in total. The number of aromatic amines is 1. The number of hydrogen-bond donors (Lipinski definition) is 1. The van der Waals surface area contributed by atoms with Gasteiger partial charge in [-0.15, -0.1) is 0 Å². The SMILES string of the molecule is COc1cc(OCCn2cccc2)ccc1/C=C/C(=O)CC(=O)/C=C/c1ccc2cc[nH]c2c1. The molecule has 0 aliphatic rings. The van der Waals surface area contributed by atoms with Gasteiger partial charge in [0.05, 0.1) is 20.1 Å². The summed E-state index contributed by atoms with van der Waals surface area (Å²) in [4.78, 5) is 27.6. The van der Waals surface area contributed by atoms with Crippen LogP contribution in [0.5, 0.6) is 11.5 Å². The quantitative estimate of drug-likeness (QED) is 0.246. The number of carbonyl (C=O) groups is 2. The summed E-state index contributed by atoms with van der Waals surface area (Å²) in [5, 5.41) is 1.11. The predicted octanol–water partition coefficient (Wildman–Crippen LogP) is 5.31. The molecule has 0 fully saturated rings. The molecule has 2 aromatic heterocycles. The van der Waals surface area contributed by atoms with E-state index in [4.69, 9.17) is 9.47 Å². The lowest BCUT2D eigenvalue weighted by molar-refractivity contribution is -0.121. The molecule has 4 aromatic rings. The number of hydrogen-bond acceptors (Lipinski definition) is 4. The normalized spacial score (nSPS) is 11.4. The van der Waals surface area contributed by atoms with Gasteiger partial charge in [0.25, 0.3) is 0 Å². The van der Waals surface area contributed by atoms with Crippen molar-refractivity contribution in [2.45, 2.75) is 13.0 Å². The maximum absolute atomic E-state index is 12.3. The summed E-state index contributed by atoms with van der Waals surface area (Å²) in [5.74, 6) is 0.752. The lowest BCUT2D eigenvalue weighted by atomic mass is 10.1. The minimum atomic E-state index is -0.274. The van der Waals surface area contributed by atoms with Crippen molar-refractivity contribution in [2.75, 3.05) is 13.7 Å². The van der Waals surface area contributed by atoms with Crippen LogP contribution in [0.4, 0.5) is 0 Å². The van der Waals surface area contributed by atoms with Crippen LogP contribution in [0.1, 0.15) is 17.5 Å². The highest BCUT2D eigenvalue weighted by atomic mass is 16.5. The molecule has 0 amide bonds. The smallest absolute Gasteiger partial charge is 0.163 e. The van der Waals surface area contributed by atoms with E-state index in [0.717, 1.165) is 28.6 Å². The average Bonchev–Trinajstić information content (AvgIpc) is 3.53. The summed E-state index contributed by atoms with van der Waals surface area (Å²) in [7, 11) is 1.57. The average molecular weight is 455 g/mol. The lowest BCUT2D eigenvalue weighted by Gasteiger charge is -2.10. The monoisotopic (exact) mass is 454 g/mol. The Morgan fingerprint density at radius 2 is 1.76 bits per heavy atom. The van der Waals surface area contributed by atoms with Gasteiger partial charge in [-0.05, 0) is 65.6 Å². The van der Waals surface area contributed by atoms with Crippen LogP contribution in [0.3, 0.4) is 0 Å². The molecule has 2 heterocycles. The highest BCUT2D eigenvalue weighted by Gasteiger charge is 2.07. The van der Waals surface area contributed by atoms with Gasteiger partial charge in [-0.25, -0.2) is 0 Å². The number of methoxy groups -OCH3 is 1. The predicted molar refractivity (Wildman–Crippen MR) is 134 cm³/mol. The third-order valence-electron chi connectivity index (χ3n) is 5.33. The van der Waals surface area contributed by atoms with Crippen LogP contribution in [-0.2, 0) is 16.1 Å². The maximum Gasteiger partial charge on any atom is 0.163 e. The highest BCUT2D eigenvalue weighted by molar-refractivity contribution is 6.11. The molecule has 6 nitrogen and oxygen atoms in total. The van der Waals surface area contributed by atoms with E-state index < -0.39 is 0 Å². The fraction of sp³-hybridized carbons (Fsp3) is 0.143. The molecule has 0 aliphatic carbocycles. The summed E-state index contributed by atoms with van der Waals surface area (Å²) in [6, 6.07) is 17.2. The first-order valence-corrected chi connectivity index (χ1v) is 11.0. The molecule has 172 valence electrons. The van der Waals surface area contributed by atoms with Gasteiger partial charge in [0, 0.05) is 35.7 Å². The summed E-state index contributed by atoms with van der Waals surface area (Å²) in [6.45, 7) is 1.27. The van der Waals surface area contributed by atoms with Gasteiger partial charge in [0.15, 0.2) is 11.6 Å². The van der Waals surface area contributed by atoms with Gasteiger partial charge >= 0.3 is 0 Å². The molecule has 2 aromatic carbocycles. The van der Waals surface area contributed by atoms with E-state index in [2.05, 4.69) is 4.98 Å². The lowest BCUT2D eigenvalue weighted by Crippen LogP contribution is -2.06.